The standard InChI is InChI=1S/C8H3Cl2NS3/c9-4-2-1-3-5(10)6(4)7-11-8(12)14-13-7/h1-3H. The van der Waals surface area contributed by atoms with Crippen molar-refractivity contribution in [3.05, 3.63) is 32.2 Å². The Hall–Kier alpha value is -0.000000000000000111. The van der Waals surface area contributed by atoms with Crippen LogP contribution < -0.4 is 0 Å². The van der Waals surface area contributed by atoms with Gasteiger partial charge in [0.25, 0.3) is 0 Å². The third kappa shape index (κ3) is 1.99. The summed E-state index contributed by atoms with van der Waals surface area (Å²) in [6.45, 7) is 0. The maximum absolute atomic E-state index is 6.03. The van der Waals surface area contributed by atoms with Crippen LogP contribution in [0, 0.1) is 3.95 Å². The van der Waals surface area contributed by atoms with Gasteiger partial charge in [-0.2, -0.15) is 0 Å². The SMILES string of the molecule is S=c1nc(-c2c(Cl)cccc2Cl)ss1. The molecule has 0 amide bonds. The zero-order valence-corrected chi connectivity index (χ0v) is 10.6. The molecule has 0 saturated heterocycles. The van der Waals surface area contributed by atoms with Crippen LogP contribution in [0.2, 0.25) is 10.0 Å². The summed E-state index contributed by atoms with van der Waals surface area (Å²) in [5.41, 5.74) is 0.771. The lowest BCUT2D eigenvalue weighted by Crippen LogP contribution is -1.79. The Morgan fingerprint density at radius 3 is 2.29 bits per heavy atom. The number of benzene rings is 1. The molecule has 2 rings (SSSR count). The van der Waals surface area contributed by atoms with Gasteiger partial charge in [0.2, 0.25) is 0 Å². The minimum absolute atomic E-state index is 0.606. The van der Waals surface area contributed by atoms with E-state index in [2.05, 4.69) is 4.98 Å². The second-order valence-electron chi connectivity index (χ2n) is 2.45. The summed E-state index contributed by atoms with van der Waals surface area (Å²) in [7, 11) is 2.93. The highest BCUT2D eigenvalue weighted by molar-refractivity contribution is 7.79. The van der Waals surface area contributed by atoms with E-state index in [-0.39, 0.29) is 0 Å². The second kappa shape index (κ2) is 4.24. The first-order valence-corrected chi connectivity index (χ1v) is 6.91. The quantitative estimate of drug-likeness (QED) is 0.544. The van der Waals surface area contributed by atoms with Gasteiger partial charge >= 0.3 is 0 Å². The molecule has 0 atom stereocenters. The topological polar surface area (TPSA) is 12.9 Å². The van der Waals surface area contributed by atoms with Gasteiger partial charge in [-0.1, -0.05) is 39.6 Å². The summed E-state index contributed by atoms with van der Waals surface area (Å²) >= 11 is 17.0. The van der Waals surface area contributed by atoms with Crippen LogP contribution in [0.4, 0.5) is 0 Å². The van der Waals surface area contributed by atoms with Gasteiger partial charge in [0.15, 0.2) is 3.95 Å². The molecule has 0 aliphatic heterocycles. The molecule has 0 bridgehead atoms. The lowest BCUT2D eigenvalue weighted by molar-refractivity contribution is 1.41. The average molecular weight is 280 g/mol. The van der Waals surface area contributed by atoms with Crippen LogP contribution in [-0.4, -0.2) is 4.98 Å². The van der Waals surface area contributed by atoms with Gasteiger partial charge < -0.3 is 0 Å². The van der Waals surface area contributed by atoms with E-state index in [0.717, 1.165) is 10.6 Å². The summed E-state index contributed by atoms with van der Waals surface area (Å²) in [6, 6.07) is 5.38. The zero-order chi connectivity index (χ0) is 10.1. The molecule has 1 nitrogen and oxygen atoms in total. The van der Waals surface area contributed by atoms with Gasteiger partial charge in [-0.25, -0.2) is 4.98 Å². The van der Waals surface area contributed by atoms with Gasteiger partial charge in [-0.15, -0.1) is 0 Å². The van der Waals surface area contributed by atoms with Crippen molar-refractivity contribution in [2.24, 2.45) is 0 Å². The summed E-state index contributed by atoms with van der Waals surface area (Å²) in [4.78, 5) is 4.19. The highest BCUT2D eigenvalue weighted by Crippen LogP contribution is 2.36. The molecule has 2 aromatic rings. The van der Waals surface area contributed by atoms with Crippen LogP contribution in [-0.2, 0) is 0 Å². The molecular formula is C8H3Cl2NS3. The molecule has 0 spiro atoms. The van der Waals surface area contributed by atoms with Crippen molar-refractivity contribution in [2.45, 2.75) is 0 Å². The Labute approximate surface area is 103 Å². The van der Waals surface area contributed by atoms with Crippen molar-refractivity contribution < 1.29 is 0 Å². The third-order valence-electron chi connectivity index (χ3n) is 1.56. The summed E-state index contributed by atoms with van der Waals surface area (Å²) < 4.78 is 0.612. The number of aromatic nitrogens is 1. The number of hydrogen-bond acceptors (Lipinski definition) is 4. The van der Waals surface area contributed by atoms with Crippen molar-refractivity contribution in [2.75, 3.05) is 0 Å². The van der Waals surface area contributed by atoms with Crippen molar-refractivity contribution in [1.29, 1.82) is 0 Å². The fourth-order valence-corrected chi connectivity index (χ4v) is 3.83. The molecule has 0 fully saturated rings. The van der Waals surface area contributed by atoms with Crippen LogP contribution >= 0.6 is 56.1 Å². The molecule has 1 aromatic heterocycles. The lowest BCUT2D eigenvalue weighted by atomic mass is 10.2. The van der Waals surface area contributed by atoms with E-state index in [1.165, 1.54) is 20.7 Å². The predicted molar refractivity (Wildman–Crippen MR) is 66.3 cm³/mol. The van der Waals surface area contributed by atoms with E-state index in [0.29, 0.717) is 14.0 Å². The first-order chi connectivity index (χ1) is 6.68. The van der Waals surface area contributed by atoms with Gasteiger partial charge in [-0.3, -0.25) is 0 Å². The van der Waals surface area contributed by atoms with Crippen LogP contribution in [0.15, 0.2) is 18.2 Å². The van der Waals surface area contributed by atoms with E-state index in [4.69, 9.17) is 35.4 Å². The average Bonchev–Trinajstić information content (AvgIpc) is 2.51. The fraction of sp³-hybridized carbons (Fsp3) is 0. The van der Waals surface area contributed by atoms with Crippen molar-refractivity contribution in [3.8, 4) is 10.6 Å². The van der Waals surface area contributed by atoms with E-state index < -0.39 is 0 Å². The monoisotopic (exact) mass is 279 g/mol. The number of hydrogen-bond donors (Lipinski definition) is 0. The number of halogens is 2. The highest BCUT2D eigenvalue weighted by atomic mass is 35.5. The third-order valence-corrected chi connectivity index (χ3v) is 4.82. The molecule has 0 radical (unpaired) electrons. The van der Waals surface area contributed by atoms with Crippen LogP contribution in [0.5, 0.6) is 0 Å². The van der Waals surface area contributed by atoms with Crippen LogP contribution in [0.1, 0.15) is 0 Å². The Kier molecular flexibility index (Phi) is 3.19. The minimum atomic E-state index is 0.606. The highest BCUT2D eigenvalue weighted by Gasteiger charge is 2.10. The fourth-order valence-electron chi connectivity index (χ4n) is 0.995. The molecule has 1 aromatic carbocycles. The minimum Gasteiger partial charge on any atom is -0.214 e. The summed E-state index contributed by atoms with van der Waals surface area (Å²) in [6.07, 6.45) is 0. The first kappa shape index (κ1) is 10.5. The zero-order valence-electron chi connectivity index (χ0n) is 6.66. The Morgan fingerprint density at radius 2 is 1.79 bits per heavy atom. The van der Waals surface area contributed by atoms with Gasteiger partial charge in [0.1, 0.15) is 5.01 Å². The maximum Gasteiger partial charge on any atom is 0.191 e. The molecule has 0 aliphatic carbocycles. The molecule has 0 saturated carbocycles. The van der Waals surface area contributed by atoms with E-state index in [1.807, 2.05) is 0 Å². The Morgan fingerprint density at radius 1 is 1.14 bits per heavy atom. The van der Waals surface area contributed by atoms with Gasteiger partial charge in [0, 0.05) is 5.56 Å². The van der Waals surface area contributed by atoms with Crippen molar-refractivity contribution in [1.82, 2.24) is 4.98 Å². The Bertz CT molecular complexity index is 497. The summed E-state index contributed by atoms with van der Waals surface area (Å²) in [5.74, 6) is 0. The smallest absolute Gasteiger partial charge is 0.191 e. The van der Waals surface area contributed by atoms with Crippen molar-refractivity contribution >= 4 is 56.1 Å². The number of rotatable bonds is 1. The maximum atomic E-state index is 6.03. The van der Waals surface area contributed by atoms with Crippen LogP contribution in [0.25, 0.3) is 10.6 Å². The molecule has 0 N–H and O–H groups in total. The molecule has 14 heavy (non-hydrogen) atoms. The molecule has 6 heteroatoms. The number of nitrogens with zero attached hydrogens (tertiary/aromatic N) is 1. The van der Waals surface area contributed by atoms with Gasteiger partial charge in [0.05, 0.1) is 10.0 Å². The van der Waals surface area contributed by atoms with Crippen LogP contribution in [0.3, 0.4) is 0 Å². The largest absolute Gasteiger partial charge is 0.214 e. The molecule has 0 aliphatic rings. The second-order valence-corrected chi connectivity index (χ2v) is 6.01. The molecule has 1 heterocycles. The van der Waals surface area contributed by atoms with E-state index >= 15 is 0 Å². The molecular weight excluding hydrogens is 277 g/mol. The van der Waals surface area contributed by atoms with E-state index in [9.17, 15) is 0 Å². The lowest BCUT2D eigenvalue weighted by Gasteiger charge is -2.01. The van der Waals surface area contributed by atoms with E-state index in [1.54, 1.807) is 18.2 Å². The normalized spacial score (nSPS) is 10.4. The van der Waals surface area contributed by atoms with Gasteiger partial charge in [-0.05, 0) is 34.7 Å². The molecule has 0 unspecified atom stereocenters. The van der Waals surface area contributed by atoms with Crippen molar-refractivity contribution in [3.63, 3.8) is 0 Å². The predicted octanol–water partition coefficient (Wildman–Crippen LogP) is 4.91. The molecule has 72 valence electrons. The summed E-state index contributed by atoms with van der Waals surface area (Å²) in [5, 5.41) is 2.00. The Balaban J connectivity index is 2.67. The first-order valence-electron chi connectivity index (χ1n) is 3.60.